The Morgan fingerprint density at radius 1 is 1.29 bits per heavy atom. The Morgan fingerprint density at radius 3 is 2.48 bits per heavy atom. The lowest BCUT2D eigenvalue weighted by atomic mass is 10.0. The largest absolute Gasteiger partial charge is 0.465 e. The number of aromatic nitrogens is 1. The fraction of sp³-hybridized carbons (Fsp3) is 0.600. The number of ether oxygens (including phenoxy) is 2. The number of nitrogens with one attached hydrogen (secondary N) is 2. The van der Waals surface area contributed by atoms with Crippen molar-refractivity contribution >= 4 is 11.8 Å². The molecule has 0 aliphatic carbocycles. The summed E-state index contributed by atoms with van der Waals surface area (Å²) in [5.74, 6) is -0.380. The molecule has 0 spiro atoms. The Labute approximate surface area is 124 Å². The minimum Gasteiger partial charge on any atom is -0.465 e. The van der Waals surface area contributed by atoms with Crippen molar-refractivity contribution in [1.29, 1.82) is 0 Å². The number of Topliss-reactive ketones (excluding diaryl/α,β-unsaturated/α-hetero) is 1. The van der Waals surface area contributed by atoms with Gasteiger partial charge in [0.25, 0.3) is 0 Å². The van der Waals surface area contributed by atoms with Gasteiger partial charge in [-0.2, -0.15) is 0 Å². The summed E-state index contributed by atoms with van der Waals surface area (Å²) >= 11 is 0. The zero-order chi connectivity index (χ0) is 15.6. The van der Waals surface area contributed by atoms with Crippen LogP contribution in [0.4, 0.5) is 0 Å². The molecule has 1 saturated heterocycles. The number of ketones is 1. The normalized spacial score (nSPS) is 17.5. The second-order valence-corrected chi connectivity index (χ2v) is 5.47. The van der Waals surface area contributed by atoms with Gasteiger partial charge >= 0.3 is 5.97 Å². The number of carbonyl (C=O) groups excluding carboxylic acids is 2. The summed E-state index contributed by atoms with van der Waals surface area (Å²) in [5.41, 5.74) is 2.32. The number of hydrogen-bond donors (Lipinski definition) is 2. The first-order chi connectivity index (χ1) is 9.97. The topological polar surface area (TPSA) is 72.8 Å². The van der Waals surface area contributed by atoms with Crippen LogP contribution in [-0.2, 0) is 9.47 Å². The number of carbonyl (C=O) groups is 2. The van der Waals surface area contributed by atoms with E-state index in [1.807, 2.05) is 6.92 Å². The highest BCUT2D eigenvalue weighted by molar-refractivity contribution is 6.03. The minimum atomic E-state index is -0.410. The van der Waals surface area contributed by atoms with Gasteiger partial charge in [-0.3, -0.25) is 4.79 Å². The highest BCUT2D eigenvalue weighted by Crippen LogP contribution is 2.19. The zero-order valence-corrected chi connectivity index (χ0v) is 13.0. The number of quaternary nitrogens is 1. The molecule has 0 unspecified atom stereocenters. The van der Waals surface area contributed by atoms with E-state index in [9.17, 15) is 9.59 Å². The first-order valence-corrected chi connectivity index (χ1v) is 7.21. The van der Waals surface area contributed by atoms with Crippen LogP contribution >= 0.6 is 0 Å². The van der Waals surface area contributed by atoms with Crippen molar-refractivity contribution in [3.63, 3.8) is 0 Å². The van der Waals surface area contributed by atoms with E-state index in [-0.39, 0.29) is 11.8 Å². The molecule has 0 amide bonds. The number of morpholine rings is 1. The summed E-state index contributed by atoms with van der Waals surface area (Å²) in [6.45, 7) is 8.51. The van der Waals surface area contributed by atoms with Crippen LogP contribution in [0.15, 0.2) is 0 Å². The molecule has 2 rings (SSSR count). The van der Waals surface area contributed by atoms with Crippen LogP contribution in [0.1, 0.15) is 39.0 Å². The summed E-state index contributed by atoms with van der Waals surface area (Å²) < 4.78 is 10.1. The molecule has 1 aliphatic heterocycles. The summed E-state index contributed by atoms with van der Waals surface area (Å²) in [6, 6.07) is -0.156. The van der Waals surface area contributed by atoms with E-state index >= 15 is 0 Å². The SMILES string of the molecule is COC(=O)c1c(C)[nH]c(C(=O)[C@@H](C)[NH+]2CCOCC2)c1C. The molecule has 6 heteroatoms. The summed E-state index contributed by atoms with van der Waals surface area (Å²) in [5, 5.41) is 0. The lowest BCUT2D eigenvalue weighted by Gasteiger charge is -2.28. The van der Waals surface area contributed by atoms with Crippen LogP contribution < -0.4 is 4.90 Å². The maximum atomic E-state index is 12.7. The fourth-order valence-corrected chi connectivity index (χ4v) is 2.87. The zero-order valence-electron chi connectivity index (χ0n) is 13.0. The van der Waals surface area contributed by atoms with E-state index in [1.165, 1.54) is 12.0 Å². The Bertz CT molecular complexity index is 544. The third-order valence-corrected chi connectivity index (χ3v) is 4.21. The Hall–Kier alpha value is -1.66. The monoisotopic (exact) mass is 295 g/mol. The van der Waals surface area contributed by atoms with E-state index in [4.69, 9.17) is 9.47 Å². The molecule has 0 bridgehead atoms. The molecule has 6 nitrogen and oxygen atoms in total. The third-order valence-electron chi connectivity index (χ3n) is 4.21. The highest BCUT2D eigenvalue weighted by Gasteiger charge is 2.31. The Balaban J connectivity index is 2.25. The van der Waals surface area contributed by atoms with Crippen molar-refractivity contribution in [3.05, 3.63) is 22.5 Å². The van der Waals surface area contributed by atoms with Gasteiger partial charge in [0.1, 0.15) is 13.1 Å². The van der Waals surface area contributed by atoms with Crippen LogP contribution in [-0.4, -0.2) is 56.2 Å². The predicted octanol–water partition coefficient (Wildman–Crippen LogP) is -0.0956. The molecule has 0 aromatic carbocycles. The van der Waals surface area contributed by atoms with E-state index in [1.54, 1.807) is 13.8 Å². The fourth-order valence-electron chi connectivity index (χ4n) is 2.87. The first-order valence-electron chi connectivity index (χ1n) is 7.21. The summed E-state index contributed by atoms with van der Waals surface area (Å²) in [7, 11) is 1.34. The molecule has 2 heterocycles. The number of esters is 1. The number of rotatable bonds is 4. The van der Waals surface area contributed by atoms with Gasteiger partial charge in [-0.25, -0.2) is 4.79 Å². The maximum Gasteiger partial charge on any atom is 0.339 e. The lowest BCUT2D eigenvalue weighted by Crippen LogP contribution is -3.18. The molecule has 1 aliphatic rings. The van der Waals surface area contributed by atoms with Gasteiger partial charge in [0.2, 0.25) is 5.78 Å². The van der Waals surface area contributed by atoms with Gasteiger partial charge in [-0.1, -0.05) is 0 Å². The van der Waals surface area contributed by atoms with E-state index in [2.05, 4.69) is 4.98 Å². The van der Waals surface area contributed by atoms with Crippen LogP contribution in [0, 0.1) is 13.8 Å². The van der Waals surface area contributed by atoms with Gasteiger partial charge in [0, 0.05) is 5.69 Å². The van der Waals surface area contributed by atoms with E-state index in [0.717, 1.165) is 13.1 Å². The van der Waals surface area contributed by atoms with E-state index < -0.39 is 5.97 Å². The second-order valence-electron chi connectivity index (χ2n) is 5.47. The number of aromatic amines is 1. The minimum absolute atomic E-state index is 0.0302. The number of aryl methyl sites for hydroxylation is 1. The van der Waals surface area contributed by atoms with Gasteiger partial charge in [0.15, 0.2) is 6.04 Å². The van der Waals surface area contributed by atoms with E-state index in [0.29, 0.717) is 35.7 Å². The Kier molecular flexibility index (Phi) is 4.80. The van der Waals surface area contributed by atoms with Crippen molar-refractivity contribution < 1.29 is 24.0 Å². The average molecular weight is 295 g/mol. The van der Waals surface area contributed by atoms with Crippen LogP contribution in [0.3, 0.4) is 0 Å². The van der Waals surface area contributed by atoms with Crippen molar-refractivity contribution in [1.82, 2.24) is 4.98 Å². The quantitative estimate of drug-likeness (QED) is 0.601. The molecule has 21 heavy (non-hydrogen) atoms. The second kappa shape index (κ2) is 6.41. The molecule has 0 saturated carbocycles. The molecule has 1 aromatic rings. The van der Waals surface area contributed by atoms with Gasteiger partial charge < -0.3 is 19.4 Å². The first kappa shape index (κ1) is 15.7. The summed E-state index contributed by atoms with van der Waals surface area (Å²) in [6.07, 6.45) is 0. The third kappa shape index (κ3) is 3.01. The number of hydrogen-bond acceptors (Lipinski definition) is 4. The van der Waals surface area contributed by atoms with Crippen LogP contribution in [0.2, 0.25) is 0 Å². The van der Waals surface area contributed by atoms with Crippen molar-refractivity contribution in [2.24, 2.45) is 0 Å². The average Bonchev–Trinajstić information content (AvgIpc) is 2.80. The molecule has 1 atom stereocenters. The molecular formula is C15H23N2O4+. The van der Waals surface area contributed by atoms with Gasteiger partial charge in [-0.05, 0) is 26.3 Å². The van der Waals surface area contributed by atoms with Crippen molar-refractivity contribution in [2.75, 3.05) is 33.4 Å². The number of methoxy groups -OCH3 is 1. The maximum absolute atomic E-state index is 12.7. The molecular weight excluding hydrogens is 272 g/mol. The van der Waals surface area contributed by atoms with Crippen LogP contribution in [0.25, 0.3) is 0 Å². The van der Waals surface area contributed by atoms with Crippen molar-refractivity contribution in [2.45, 2.75) is 26.8 Å². The molecule has 1 fully saturated rings. The Morgan fingerprint density at radius 2 is 1.90 bits per heavy atom. The standard InChI is InChI=1S/C15H22N2O4/c1-9-12(15(19)20-4)10(2)16-13(9)14(18)11(3)17-5-7-21-8-6-17/h11,16H,5-8H2,1-4H3/p+1/t11-/m1/s1. The molecule has 2 N–H and O–H groups in total. The molecule has 1 aromatic heterocycles. The van der Waals surface area contributed by atoms with Crippen molar-refractivity contribution in [3.8, 4) is 0 Å². The lowest BCUT2D eigenvalue weighted by molar-refractivity contribution is -0.921. The predicted molar refractivity (Wildman–Crippen MR) is 76.9 cm³/mol. The van der Waals surface area contributed by atoms with Gasteiger partial charge in [-0.15, -0.1) is 0 Å². The van der Waals surface area contributed by atoms with Crippen LogP contribution in [0.5, 0.6) is 0 Å². The molecule has 116 valence electrons. The molecule has 0 radical (unpaired) electrons. The smallest absolute Gasteiger partial charge is 0.339 e. The summed E-state index contributed by atoms with van der Waals surface area (Å²) in [4.78, 5) is 28.8. The highest BCUT2D eigenvalue weighted by atomic mass is 16.5. The van der Waals surface area contributed by atoms with Gasteiger partial charge in [0.05, 0.1) is 31.6 Å². The number of H-pyrrole nitrogens is 1.